The molecule has 1 fully saturated rings. The van der Waals surface area contributed by atoms with Crippen LogP contribution in [-0.4, -0.2) is 51.1 Å². The van der Waals surface area contributed by atoms with Gasteiger partial charge in [-0.25, -0.2) is 4.79 Å². The number of imide groups is 1. The summed E-state index contributed by atoms with van der Waals surface area (Å²) in [5.41, 5.74) is 2.42. The number of anilines is 1. The van der Waals surface area contributed by atoms with Crippen molar-refractivity contribution in [1.29, 1.82) is 0 Å². The third-order valence-electron chi connectivity index (χ3n) is 4.21. The lowest BCUT2D eigenvalue weighted by atomic mass is 10.1. The predicted molar refractivity (Wildman–Crippen MR) is 96.0 cm³/mol. The second kappa shape index (κ2) is 8.68. The first-order chi connectivity index (χ1) is 11.5. The standard InChI is InChI=1S/C18H28N4O2/c1-19-18(24)20-17(23)10-11-22(12-14-4-5-14)13-15-6-8-16(9-7-15)21(2)3/h6-9,14H,4-5,10-13H2,1-3H3,(H2,19,20,23,24). The molecule has 0 aliphatic heterocycles. The van der Waals surface area contributed by atoms with E-state index in [2.05, 4.69) is 44.7 Å². The van der Waals surface area contributed by atoms with Gasteiger partial charge in [0, 0.05) is 52.9 Å². The van der Waals surface area contributed by atoms with Gasteiger partial charge in [0.2, 0.25) is 5.91 Å². The number of amides is 3. The van der Waals surface area contributed by atoms with Gasteiger partial charge in [-0.2, -0.15) is 0 Å². The van der Waals surface area contributed by atoms with Crippen LogP contribution in [-0.2, 0) is 11.3 Å². The van der Waals surface area contributed by atoms with Crippen molar-refractivity contribution < 1.29 is 9.59 Å². The Hall–Kier alpha value is -2.08. The van der Waals surface area contributed by atoms with Crippen molar-refractivity contribution in [3.63, 3.8) is 0 Å². The molecule has 0 heterocycles. The molecule has 0 radical (unpaired) electrons. The molecule has 6 nitrogen and oxygen atoms in total. The average molecular weight is 332 g/mol. The molecule has 1 aliphatic rings. The number of benzene rings is 1. The van der Waals surface area contributed by atoms with E-state index in [-0.39, 0.29) is 5.91 Å². The highest BCUT2D eigenvalue weighted by Gasteiger charge is 2.24. The Balaban J connectivity index is 1.87. The van der Waals surface area contributed by atoms with Gasteiger partial charge in [0.1, 0.15) is 0 Å². The van der Waals surface area contributed by atoms with E-state index in [0.717, 1.165) is 19.0 Å². The summed E-state index contributed by atoms with van der Waals surface area (Å²) in [5, 5.41) is 4.71. The monoisotopic (exact) mass is 332 g/mol. The van der Waals surface area contributed by atoms with Gasteiger partial charge in [-0.1, -0.05) is 12.1 Å². The van der Waals surface area contributed by atoms with Crippen LogP contribution >= 0.6 is 0 Å². The SMILES string of the molecule is CNC(=O)NC(=O)CCN(Cc1ccc(N(C)C)cc1)CC1CC1. The highest BCUT2D eigenvalue weighted by atomic mass is 16.2. The number of nitrogens with zero attached hydrogens (tertiary/aromatic N) is 2. The lowest BCUT2D eigenvalue weighted by molar-refractivity contribution is -0.120. The number of carbonyl (C=O) groups is 2. The van der Waals surface area contributed by atoms with E-state index >= 15 is 0 Å². The van der Waals surface area contributed by atoms with Crippen LogP contribution in [0.4, 0.5) is 10.5 Å². The van der Waals surface area contributed by atoms with Crippen LogP contribution in [0.15, 0.2) is 24.3 Å². The molecule has 0 spiro atoms. The maximum Gasteiger partial charge on any atom is 0.321 e. The molecule has 0 saturated heterocycles. The molecule has 1 aromatic carbocycles. The van der Waals surface area contributed by atoms with Crippen molar-refractivity contribution in [3.05, 3.63) is 29.8 Å². The number of urea groups is 1. The molecule has 24 heavy (non-hydrogen) atoms. The molecule has 1 aliphatic carbocycles. The van der Waals surface area contributed by atoms with Gasteiger partial charge in [-0.15, -0.1) is 0 Å². The summed E-state index contributed by atoms with van der Waals surface area (Å²) in [6.45, 7) is 2.51. The van der Waals surface area contributed by atoms with Crippen molar-refractivity contribution in [2.45, 2.75) is 25.8 Å². The Bertz CT molecular complexity index is 553. The van der Waals surface area contributed by atoms with E-state index < -0.39 is 6.03 Å². The lowest BCUT2D eigenvalue weighted by Crippen LogP contribution is -2.39. The summed E-state index contributed by atoms with van der Waals surface area (Å²) in [7, 11) is 5.55. The maximum absolute atomic E-state index is 11.8. The number of hydrogen-bond donors (Lipinski definition) is 2. The van der Waals surface area contributed by atoms with Crippen LogP contribution in [0, 0.1) is 5.92 Å². The molecular weight excluding hydrogens is 304 g/mol. The van der Waals surface area contributed by atoms with E-state index in [1.54, 1.807) is 0 Å². The van der Waals surface area contributed by atoms with Crippen molar-refractivity contribution >= 4 is 17.6 Å². The van der Waals surface area contributed by atoms with Crippen molar-refractivity contribution in [2.75, 3.05) is 39.1 Å². The zero-order valence-corrected chi connectivity index (χ0v) is 14.8. The lowest BCUT2D eigenvalue weighted by Gasteiger charge is -2.22. The van der Waals surface area contributed by atoms with Gasteiger partial charge in [-0.3, -0.25) is 15.0 Å². The highest BCUT2D eigenvalue weighted by molar-refractivity contribution is 5.94. The van der Waals surface area contributed by atoms with Gasteiger partial charge >= 0.3 is 6.03 Å². The molecule has 3 amide bonds. The maximum atomic E-state index is 11.8. The van der Waals surface area contributed by atoms with Crippen LogP contribution in [0.1, 0.15) is 24.8 Å². The number of carbonyl (C=O) groups excluding carboxylic acids is 2. The van der Waals surface area contributed by atoms with Gasteiger partial charge in [0.05, 0.1) is 0 Å². The minimum atomic E-state index is -0.451. The van der Waals surface area contributed by atoms with Gasteiger partial charge in [0.25, 0.3) is 0 Å². The Kier molecular flexibility index (Phi) is 6.61. The normalized spacial score (nSPS) is 13.7. The summed E-state index contributed by atoms with van der Waals surface area (Å²) in [6.07, 6.45) is 2.89. The van der Waals surface area contributed by atoms with E-state index in [9.17, 15) is 9.59 Å². The first kappa shape index (κ1) is 18.3. The van der Waals surface area contributed by atoms with E-state index in [1.165, 1.54) is 31.1 Å². The molecule has 2 rings (SSSR count). The van der Waals surface area contributed by atoms with Gasteiger partial charge in [-0.05, 0) is 36.5 Å². The van der Waals surface area contributed by atoms with Crippen LogP contribution < -0.4 is 15.5 Å². The molecular formula is C18H28N4O2. The number of rotatable bonds is 8. The molecule has 0 bridgehead atoms. The van der Waals surface area contributed by atoms with Crippen LogP contribution in [0.5, 0.6) is 0 Å². The molecule has 1 saturated carbocycles. The summed E-state index contributed by atoms with van der Waals surface area (Å²) in [6, 6.07) is 8.05. The first-order valence-electron chi connectivity index (χ1n) is 8.48. The summed E-state index contributed by atoms with van der Waals surface area (Å²) in [5.74, 6) is 0.520. The van der Waals surface area contributed by atoms with Gasteiger partial charge in [0.15, 0.2) is 0 Å². The Morgan fingerprint density at radius 1 is 1.17 bits per heavy atom. The van der Waals surface area contributed by atoms with Crippen molar-refractivity contribution in [2.24, 2.45) is 5.92 Å². The quantitative estimate of drug-likeness (QED) is 0.762. The Labute approximate surface area is 144 Å². The predicted octanol–water partition coefficient (Wildman–Crippen LogP) is 1.81. The van der Waals surface area contributed by atoms with E-state index in [0.29, 0.717) is 13.0 Å². The molecule has 132 valence electrons. The number of hydrogen-bond acceptors (Lipinski definition) is 4. The first-order valence-corrected chi connectivity index (χ1v) is 8.48. The fraction of sp³-hybridized carbons (Fsp3) is 0.556. The van der Waals surface area contributed by atoms with Crippen LogP contribution in [0.2, 0.25) is 0 Å². The molecule has 1 aromatic rings. The largest absolute Gasteiger partial charge is 0.378 e. The second-order valence-corrected chi connectivity index (χ2v) is 6.62. The van der Waals surface area contributed by atoms with Gasteiger partial charge < -0.3 is 10.2 Å². The van der Waals surface area contributed by atoms with Crippen molar-refractivity contribution in [1.82, 2.24) is 15.5 Å². The topological polar surface area (TPSA) is 64.7 Å². The summed E-state index contributed by atoms with van der Waals surface area (Å²) < 4.78 is 0. The zero-order valence-electron chi connectivity index (χ0n) is 14.8. The van der Waals surface area contributed by atoms with Crippen LogP contribution in [0.3, 0.4) is 0 Å². The third kappa shape index (κ3) is 6.20. The fourth-order valence-corrected chi connectivity index (χ4v) is 2.57. The van der Waals surface area contributed by atoms with E-state index in [1.807, 2.05) is 14.1 Å². The van der Waals surface area contributed by atoms with Crippen LogP contribution in [0.25, 0.3) is 0 Å². The highest BCUT2D eigenvalue weighted by Crippen LogP contribution is 2.30. The Morgan fingerprint density at radius 3 is 2.38 bits per heavy atom. The minimum Gasteiger partial charge on any atom is -0.378 e. The number of nitrogens with one attached hydrogen (secondary N) is 2. The molecule has 0 unspecified atom stereocenters. The molecule has 0 aromatic heterocycles. The van der Waals surface area contributed by atoms with E-state index in [4.69, 9.17) is 0 Å². The average Bonchev–Trinajstić information content (AvgIpc) is 3.37. The summed E-state index contributed by atoms with van der Waals surface area (Å²) >= 11 is 0. The fourth-order valence-electron chi connectivity index (χ4n) is 2.57. The van der Waals surface area contributed by atoms with Crippen molar-refractivity contribution in [3.8, 4) is 0 Å². The minimum absolute atomic E-state index is 0.238. The summed E-state index contributed by atoms with van der Waals surface area (Å²) in [4.78, 5) is 27.3. The molecule has 0 atom stereocenters. The smallest absolute Gasteiger partial charge is 0.321 e. The zero-order chi connectivity index (χ0) is 17.5. The molecule has 6 heteroatoms. The Morgan fingerprint density at radius 2 is 1.83 bits per heavy atom. The third-order valence-corrected chi connectivity index (χ3v) is 4.21. The second-order valence-electron chi connectivity index (χ2n) is 6.62. The molecule has 2 N–H and O–H groups in total.